The van der Waals surface area contributed by atoms with Crippen LogP contribution in [0.5, 0.6) is 0 Å². The maximum absolute atomic E-state index is 12.4. The fourth-order valence-corrected chi connectivity index (χ4v) is 2.04. The number of nitrogens with zero attached hydrogens (tertiary/aromatic N) is 1. The Labute approximate surface area is 109 Å². The number of fused-ring (bicyclic) bond motifs is 1. The molecular weight excluding hydrogens is 253 g/mol. The second-order valence-corrected chi connectivity index (χ2v) is 4.23. The molecule has 2 rings (SSSR count). The molecule has 0 spiro atoms. The number of ether oxygens (including phenoxy) is 1. The van der Waals surface area contributed by atoms with Gasteiger partial charge < -0.3 is 9.15 Å². The van der Waals surface area contributed by atoms with E-state index in [1.807, 2.05) is 6.92 Å². The third-order valence-electron chi connectivity index (χ3n) is 2.86. The summed E-state index contributed by atoms with van der Waals surface area (Å²) in [6.45, 7) is 0.937. The van der Waals surface area contributed by atoms with Crippen molar-refractivity contribution >= 4 is 11.8 Å². The topological polar surface area (TPSA) is 68.9 Å². The third kappa shape index (κ3) is 2.89. The molecule has 0 radical (unpaired) electrons. The summed E-state index contributed by atoms with van der Waals surface area (Å²) < 4.78 is 22.1. The first-order valence-corrected chi connectivity index (χ1v) is 6.12. The molecule has 0 aliphatic carbocycles. The van der Waals surface area contributed by atoms with Crippen LogP contribution < -0.4 is 5.63 Å². The van der Waals surface area contributed by atoms with Crippen molar-refractivity contribution in [3.63, 3.8) is 0 Å². The lowest BCUT2D eigenvalue weighted by Gasteiger charge is -2.16. The van der Waals surface area contributed by atoms with E-state index in [-0.39, 0.29) is 18.1 Å². The second kappa shape index (κ2) is 5.77. The molecule has 6 heteroatoms. The van der Waals surface area contributed by atoms with E-state index < -0.39 is 18.4 Å². The Balaban J connectivity index is 2.51. The van der Waals surface area contributed by atoms with E-state index in [1.165, 1.54) is 6.07 Å². The van der Waals surface area contributed by atoms with Crippen LogP contribution in [0, 0.1) is 0 Å². The van der Waals surface area contributed by atoms with Crippen LogP contribution in [0.25, 0.3) is 0 Å². The van der Waals surface area contributed by atoms with Crippen molar-refractivity contribution in [2.45, 2.75) is 32.6 Å². The maximum Gasteiger partial charge on any atom is 0.336 e. The SMILES string of the molecule is CCCCc1cc(=O)oc2c1C(OCF)=NC(=O)C2. The summed E-state index contributed by atoms with van der Waals surface area (Å²) in [5.74, 6) is -0.391. The number of aliphatic imine (C=N–C) groups is 1. The van der Waals surface area contributed by atoms with Gasteiger partial charge in [0.05, 0.1) is 12.0 Å². The fourth-order valence-electron chi connectivity index (χ4n) is 2.04. The highest BCUT2D eigenvalue weighted by Gasteiger charge is 2.26. The molecule has 0 bridgehead atoms. The van der Waals surface area contributed by atoms with E-state index in [4.69, 9.17) is 9.15 Å². The number of rotatable bonds is 4. The zero-order valence-electron chi connectivity index (χ0n) is 10.6. The fraction of sp³-hybridized carbons (Fsp3) is 0.462. The number of carbonyl (C=O) groups is 1. The van der Waals surface area contributed by atoms with Crippen molar-refractivity contribution in [3.05, 3.63) is 33.4 Å². The lowest BCUT2D eigenvalue weighted by atomic mass is 9.99. The average Bonchev–Trinajstić information content (AvgIpc) is 2.35. The van der Waals surface area contributed by atoms with Gasteiger partial charge in [0, 0.05) is 6.07 Å². The summed E-state index contributed by atoms with van der Waals surface area (Å²) >= 11 is 0. The van der Waals surface area contributed by atoms with Crippen molar-refractivity contribution in [2.24, 2.45) is 4.99 Å². The highest BCUT2D eigenvalue weighted by atomic mass is 19.1. The highest BCUT2D eigenvalue weighted by Crippen LogP contribution is 2.21. The van der Waals surface area contributed by atoms with E-state index in [0.29, 0.717) is 17.5 Å². The Morgan fingerprint density at radius 1 is 1.47 bits per heavy atom. The number of hydrogen-bond acceptors (Lipinski definition) is 4. The number of alkyl halides is 1. The Hall–Kier alpha value is -1.98. The molecule has 19 heavy (non-hydrogen) atoms. The van der Waals surface area contributed by atoms with E-state index in [9.17, 15) is 14.0 Å². The second-order valence-electron chi connectivity index (χ2n) is 4.23. The average molecular weight is 267 g/mol. The van der Waals surface area contributed by atoms with Gasteiger partial charge in [-0.05, 0) is 18.4 Å². The molecule has 1 aliphatic heterocycles. The Bertz CT molecular complexity index is 576. The number of halogens is 1. The Kier molecular flexibility index (Phi) is 4.09. The van der Waals surface area contributed by atoms with E-state index in [2.05, 4.69) is 4.99 Å². The first-order chi connectivity index (χ1) is 9.15. The summed E-state index contributed by atoms with van der Waals surface area (Å²) in [4.78, 5) is 26.5. The van der Waals surface area contributed by atoms with Crippen LogP contribution in [0.2, 0.25) is 0 Å². The van der Waals surface area contributed by atoms with Crippen molar-refractivity contribution in [2.75, 3.05) is 6.86 Å². The Morgan fingerprint density at radius 3 is 2.95 bits per heavy atom. The molecule has 5 nitrogen and oxygen atoms in total. The molecular formula is C13H14FNO4. The van der Waals surface area contributed by atoms with Crippen LogP contribution in [-0.2, 0) is 22.4 Å². The predicted octanol–water partition coefficient (Wildman–Crippen LogP) is 1.76. The minimum Gasteiger partial charge on any atom is -0.445 e. The van der Waals surface area contributed by atoms with Crippen LogP contribution in [0.4, 0.5) is 4.39 Å². The largest absolute Gasteiger partial charge is 0.445 e. The van der Waals surface area contributed by atoms with Gasteiger partial charge in [0.15, 0.2) is 0 Å². The first kappa shape index (κ1) is 13.5. The number of aryl methyl sites for hydroxylation is 1. The van der Waals surface area contributed by atoms with Crippen molar-refractivity contribution in [1.82, 2.24) is 0 Å². The Morgan fingerprint density at radius 2 is 2.26 bits per heavy atom. The molecule has 1 aliphatic rings. The van der Waals surface area contributed by atoms with Crippen LogP contribution in [0.3, 0.4) is 0 Å². The number of amides is 1. The lowest BCUT2D eigenvalue weighted by molar-refractivity contribution is -0.117. The molecule has 1 aromatic heterocycles. The third-order valence-corrected chi connectivity index (χ3v) is 2.86. The minimum atomic E-state index is -1.09. The monoisotopic (exact) mass is 267 g/mol. The molecule has 0 aromatic carbocycles. The maximum atomic E-state index is 12.4. The molecule has 2 heterocycles. The smallest absolute Gasteiger partial charge is 0.336 e. The van der Waals surface area contributed by atoms with Gasteiger partial charge >= 0.3 is 5.63 Å². The molecule has 0 saturated heterocycles. The van der Waals surface area contributed by atoms with E-state index in [1.54, 1.807) is 0 Å². The van der Waals surface area contributed by atoms with Gasteiger partial charge in [-0.25, -0.2) is 9.18 Å². The molecule has 1 amide bonds. The predicted molar refractivity (Wildman–Crippen MR) is 65.9 cm³/mol. The molecule has 0 atom stereocenters. The van der Waals surface area contributed by atoms with E-state index in [0.717, 1.165) is 12.8 Å². The molecule has 0 N–H and O–H groups in total. The summed E-state index contributed by atoms with van der Waals surface area (Å²) in [5.41, 5.74) is 0.622. The molecule has 0 unspecified atom stereocenters. The summed E-state index contributed by atoms with van der Waals surface area (Å²) in [6, 6.07) is 1.35. The number of hydrogen-bond donors (Lipinski definition) is 0. The zero-order chi connectivity index (χ0) is 13.8. The molecule has 1 aromatic rings. The zero-order valence-corrected chi connectivity index (χ0v) is 10.6. The van der Waals surface area contributed by atoms with Gasteiger partial charge in [-0.1, -0.05) is 13.3 Å². The lowest BCUT2D eigenvalue weighted by Crippen LogP contribution is -2.23. The summed E-state index contributed by atoms with van der Waals surface area (Å²) in [6.07, 6.45) is 2.36. The minimum absolute atomic E-state index is 0.0936. The quantitative estimate of drug-likeness (QED) is 0.833. The molecule has 0 saturated carbocycles. The summed E-state index contributed by atoms with van der Waals surface area (Å²) in [5, 5.41) is 0. The normalized spacial score (nSPS) is 14.0. The highest BCUT2D eigenvalue weighted by molar-refractivity contribution is 6.06. The van der Waals surface area contributed by atoms with E-state index >= 15 is 0 Å². The van der Waals surface area contributed by atoms with Gasteiger partial charge in [-0.2, -0.15) is 4.99 Å². The van der Waals surface area contributed by atoms with Crippen molar-refractivity contribution in [1.29, 1.82) is 0 Å². The van der Waals surface area contributed by atoms with Crippen LogP contribution in [0.1, 0.15) is 36.7 Å². The van der Waals surface area contributed by atoms with Crippen LogP contribution >= 0.6 is 0 Å². The summed E-state index contributed by atoms with van der Waals surface area (Å²) in [7, 11) is 0. The van der Waals surface area contributed by atoms with Gasteiger partial charge in [0.1, 0.15) is 5.76 Å². The van der Waals surface area contributed by atoms with Gasteiger partial charge in [0.25, 0.3) is 5.91 Å². The number of carbonyl (C=O) groups excluding carboxylic acids is 1. The molecule has 102 valence electrons. The molecule has 0 fully saturated rings. The van der Waals surface area contributed by atoms with Gasteiger partial charge in [-0.15, -0.1) is 0 Å². The standard InChI is InChI=1S/C13H14FNO4/c1-2-3-4-8-5-11(17)19-9-6-10(16)15-13(12(8)9)18-7-14/h5H,2-4,6-7H2,1H3. The van der Waals surface area contributed by atoms with Gasteiger partial charge in [0.2, 0.25) is 12.8 Å². The van der Waals surface area contributed by atoms with Crippen LogP contribution in [-0.4, -0.2) is 18.7 Å². The van der Waals surface area contributed by atoms with Crippen molar-refractivity contribution in [3.8, 4) is 0 Å². The van der Waals surface area contributed by atoms with Gasteiger partial charge in [-0.3, -0.25) is 4.79 Å². The first-order valence-electron chi connectivity index (χ1n) is 6.12. The number of unbranched alkanes of at least 4 members (excludes halogenated alkanes) is 1. The van der Waals surface area contributed by atoms with Crippen LogP contribution in [0.15, 0.2) is 20.3 Å². The van der Waals surface area contributed by atoms with Crippen molar-refractivity contribution < 1.29 is 18.3 Å².